The number of nitrogens with two attached hydrogens (primary N) is 1. The zero-order valence-corrected chi connectivity index (χ0v) is 11.5. The molecule has 2 aromatic heterocycles. The predicted molar refractivity (Wildman–Crippen MR) is 74.1 cm³/mol. The Morgan fingerprint density at radius 1 is 1.33 bits per heavy atom. The molecule has 0 unspecified atom stereocenters. The largest absolute Gasteiger partial charge is 0.481 e. The molecule has 0 aliphatic rings. The Kier molecular flexibility index (Phi) is 3.66. The Labute approximate surface area is 110 Å². The lowest BCUT2D eigenvalue weighted by molar-refractivity contribution is 0.398. The lowest BCUT2D eigenvalue weighted by atomic mass is 10.3. The molecule has 2 rings (SSSR count). The highest BCUT2D eigenvalue weighted by Crippen LogP contribution is 2.22. The molecule has 0 radical (unpaired) electrons. The summed E-state index contributed by atoms with van der Waals surface area (Å²) in [4.78, 5) is 10.6. The van der Waals surface area contributed by atoms with E-state index in [0.717, 1.165) is 6.54 Å². The van der Waals surface area contributed by atoms with Gasteiger partial charge in [0.05, 0.1) is 13.7 Å². The Bertz CT molecular complexity index is 534. The van der Waals surface area contributed by atoms with Crippen molar-refractivity contribution in [1.29, 1.82) is 0 Å². The fourth-order valence-corrected chi connectivity index (χ4v) is 2.55. The van der Waals surface area contributed by atoms with Gasteiger partial charge in [0, 0.05) is 15.8 Å². The molecule has 0 aliphatic heterocycles. The monoisotopic (exact) mass is 264 g/mol. The van der Waals surface area contributed by atoms with E-state index in [1.807, 2.05) is 0 Å². The highest BCUT2D eigenvalue weighted by molar-refractivity contribution is 7.12. The first-order valence-corrected chi connectivity index (χ1v) is 6.38. The highest BCUT2D eigenvalue weighted by atomic mass is 32.1. The quantitative estimate of drug-likeness (QED) is 0.886. The number of hydrogen-bond donors (Lipinski definition) is 2. The third kappa shape index (κ3) is 2.89. The normalized spacial score (nSPS) is 10.4. The summed E-state index contributed by atoms with van der Waals surface area (Å²) in [6.45, 7) is 4.95. The summed E-state index contributed by atoms with van der Waals surface area (Å²) in [5.41, 5.74) is 6.91. The van der Waals surface area contributed by atoms with Gasteiger partial charge < -0.3 is 15.8 Å². The number of ether oxygens (including phenoxy) is 1. The maximum atomic E-state index is 5.59. The van der Waals surface area contributed by atoms with Crippen molar-refractivity contribution in [1.82, 2.24) is 9.97 Å². The van der Waals surface area contributed by atoms with Gasteiger partial charge in [0.2, 0.25) is 11.8 Å². The number of anilines is 2. The molecule has 2 aromatic rings. The van der Waals surface area contributed by atoms with E-state index in [2.05, 4.69) is 35.2 Å². The van der Waals surface area contributed by atoms with Crippen LogP contribution in [0.1, 0.15) is 15.3 Å². The highest BCUT2D eigenvalue weighted by Gasteiger charge is 2.04. The van der Waals surface area contributed by atoms with Gasteiger partial charge in [-0.05, 0) is 25.5 Å². The zero-order chi connectivity index (χ0) is 13.1. The number of nitrogen functional groups attached to an aromatic ring is 1. The first-order valence-electron chi connectivity index (χ1n) is 5.57. The summed E-state index contributed by atoms with van der Waals surface area (Å²) in [5, 5.41) is 3.22. The first kappa shape index (κ1) is 12.6. The molecular weight excluding hydrogens is 248 g/mol. The van der Waals surface area contributed by atoms with Gasteiger partial charge in [0.1, 0.15) is 5.82 Å². The van der Waals surface area contributed by atoms with Gasteiger partial charge in [0.25, 0.3) is 0 Å². The van der Waals surface area contributed by atoms with E-state index in [4.69, 9.17) is 10.5 Å². The van der Waals surface area contributed by atoms with Crippen LogP contribution in [0, 0.1) is 13.8 Å². The SMILES string of the molecule is COc1cc(NCc2cc(C)c(C)s2)nc(N)n1. The van der Waals surface area contributed by atoms with Crippen molar-refractivity contribution in [2.24, 2.45) is 0 Å². The topological polar surface area (TPSA) is 73.1 Å². The average molecular weight is 264 g/mol. The lowest BCUT2D eigenvalue weighted by Crippen LogP contribution is -2.04. The minimum Gasteiger partial charge on any atom is -0.481 e. The number of aryl methyl sites for hydroxylation is 2. The molecule has 0 bridgehead atoms. The summed E-state index contributed by atoms with van der Waals surface area (Å²) in [7, 11) is 1.55. The molecule has 0 amide bonds. The van der Waals surface area contributed by atoms with Gasteiger partial charge in [-0.15, -0.1) is 11.3 Å². The Morgan fingerprint density at radius 3 is 2.72 bits per heavy atom. The van der Waals surface area contributed by atoms with E-state index in [1.54, 1.807) is 24.5 Å². The molecule has 3 N–H and O–H groups in total. The molecule has 0 saturated carbocycles. The second-order valence-corrected chi connectivity index (χ2v) is 5.30. The molecule has 0 aromatic carbocycles. The number of thiophene rings is 1. The Balaban J connectivity index is 2.07. The van der Waals surface area contributed by atoms with Crippen LogP contribution in [0.3, 0.4) is 0 Å². The van der Waals surface area contributed by atoms with E-state index in [0.29, 0.717) is 11.7 Å². The summed E-state index contributed by atoms with van der Waals surface area (Å²) < 4.78 is 5.04. The average Bonchev–Trinajstić information content (AvgIpc) is 2.65. The maximum absolute atomic E-state index is 5.59. The Hall–Kier alpha value is -1.82. The molecule has 2 heterocycles. The van der Waals surface area contributed by atoms with Crippen LogP contribution < -0.4 is 15.8 Å². The fourth-order valence-electron chi connectivity index (χ4n) is 1.55. The molecule has 0 spiro atoms. The number of nitrogens with one attached hydrogen (secondary N) is 1. The van der Waals surface area contributed by atoms with E-state index in [-0.39, 0.29) is 5.95 Å². The van der Waals surface area contributed by atoms with E-state index in [9.17, 15) is 0 Å². The van der Waals surface area contributed by atoms with Gasteiger partial charge in [0.15, 0.2) is 0 Å². The van der Waals surface area contributed by atoms with Crippen LogP contribution in [0.25, 0.3) is 0 Å². The molecule has 0 fully saturated rings. The number of aromatic nitrogens is 2. The maximum Gasteiger partial charge on any atom is 0.225 e. The van der Waals surface area contributed by atoms with Crippen LogP contribution in [-0.2, 0) is 6.54 Å². The summed E-state index contributed by atoms with van der Waals surface area (Å²) in [5.74, 6) is 1.34. The number of hydrogen-bond acceptors (Lipinski definition) is 6. The van der Waals surface area contributed by atoms with Crippen LogP contribution in [-0.4, -0.2) is 17.1 Å². The molecular formula is C12H16N4OS. The van der Waals surface area contributed by atoms with Crippen molar-refractivity contribution in [2.75, 3.05) is 18.2 Å². The van der Waals surface area contributed by atoms with Gasteiger partial charge in [-0.25, -0.2) is 0 Å². The first-order chi connectivity index (χ1) is 8.58. The summed E-state index contributed by atoms with van der Waals surface area (Å²) >= 11 is 1.78. The molecule has 18 heavy (non-hydrogen) atoms. The second-order valence-electron chi connectivity index (χ2n) is 3.96. The third-order valence-corrected chi connectivity index (χ3v) is 3.74. The molecule has 0 atom stereocenters. The number of nitrogens with zero attached hydrogens (tertiary/aromatic N) is 2. The number of rotatable bonds is 4. The third-order valence-electron chi connectivity index (χ3n) is 2.59. The second kappa shape index (κ2) is 5.22. The number of methoxy groups -OCH3 is 1. The zero-order valence-electron chi connectivity index (χ0n) is 10.7. The van der Waals surface area contributed by atoms with Crippen molar-refractivity contribution in [3.8, 4) is 5.88 Å². The minimum absolute atomic E-state index is 0.204. The molecule has 6 heteroatoms. The van der Waals surface area contributed by atoms with Crippen LogP contribution in [0.4, 0.5) is 11.8 Å². The van der Waals surface area contributed by atoms with Crippen molar-refractivity contribution in [3.63, 3.8) is 0 Å². The van der Waals surface area contributed by atoms with Gasteiger partial charge >= 0.3 is 0 Å². The van der Waals surface area contributed by atoms with E-state index < -0.39 is 0 Å². The van der Waals surface area contributed by atoms with E-state index >= 15 is 0 Å². The van der Waals surface area contributed by atoms with Gasteiger partial charge in [-0.3, -0.25) is 0 Å². The van der Waals surface area contributed by atoms with Crippen LogP contribution >= 0.6 is 11.3 Å². The van der Waals surface area contributed by atoms with Crippen molar-refractivity contribution in [3.05, 3.63) is 27.5 Å². The lowest BCUT2D eigenvalue weighted by Gasteiger charge is -2.06. The van der Waals surface area contributed by atoms with E-state index in [1.165, 1.54) is 15.3 Å². The van der Waals surface area contributed by atoms with Crippen LogP contribution in [0.15, 0.2) is 12.1 Å². The molecule has 5 nitrogen and oxygen atoms in total. The molecule has 96 valence electrons. The van der Waals surface area contributed by atoms with Crippen molar-refractivity contribution in [2.45, 2.75) is 20.4 Å². The van der Waals surface area contributed by atoms with Gasteiger partial charge in [-0.1, -0.05) is 0 Å². The van der Waals surface area contributed by atoms with Crippen molar-refractivity contribution >= 4 is 23.1 Å². The van der Waals surface area contributed by atoms with Crippen molar-refractivity contribution < 1.29 is 4.74 Å². The standard InChI is InChI=1S/C12H16N4OS/c1-7-4-9(18-8(7)2)6-14-10-5-11(17-3)16-12(13)15-10/h4-5H,6H2,1-3H3,(H3,13,14,15,16). The molecule has 0 aliphatic carbocycles. The minimum atomic E-state index is 0.204. The van der Waals surface area contributed by atoms with Gasteiger partial charge in [-0.2, -0.15) is 9.97 Å². The fraction of sp³-hybridized carbons (Fsp3) is 0.333. The molecule has 0 saturated heterocycles. The Morgan fingerprint density at radius 2 is 2.11 bits per heavy atom. The summed E-state index contributed by atoms with van der Waals surface area (Å²) in [6, 6.07) is 3.90. The smallest absolute Gasteiger partial charge is 0.225 e. The predicted octanol–water partition coefficient (Wildman–Crippen LogP) is 2.36. The summed E-state index contributed by atoms with van der Waals surface area (Å²) in [6.07, 6.45) is 0. The van der Waals surface area contributed by atoms with Crippen LogP contribution in [0.5, 0.6) is 5.88 Å². The van der Waals surface area contributed by atoms with Crippen LogP contribution in [0.2, 0.25) is 0 Å².